The zero-order valence-corrected chi connectivity index (χ0v) is 11.9. The highest BCUT2D eigenvalue weighted by molar-refractivity contribution is 5.32. The number of aryl methyl sites for hydroxylation is 2. The highest BCUT2D eigenvalue weighted by Crippen LogP contribution is 2.20. The smallest absolute Gasteiger partial charge is 0.0919 e. The minimum Gasteiger partial charge on any atom is -0.387 e. The Hall–Kier alpha value is -0.900. The topological polar surface area (TPSA) is 32.7 Å². The Morgan fingerprint density at radius 2 is 2.06 bits per heavy atom. The van der Waals surface area contributed by atoms with E-state index in [9.17, 15) is 5.11 Å². The molecule has 1 aromatic carbocycles. The third kappa shape index (κ3) is 4.41. The number of likely N-dealkylation sites (N-methyl/N-ethyl adjacent to an activating group) is 1. The first kappa shape index (κ1) is 15.2. The molecular formula is C15H25NO2. The quantitative estimate of drug-likeness (QED) is 0.807. The van der Waals surface area contributed by atoms with Gasteiger partial charge in [0.15, 0.2) is 0 Å². The molecule has 0 spiro atoms. The minimum atomic E-state index is -0.429. The Kier molecular flexibility index (Phi) is 6.33. The van der Waals surface area contributed by atoms with E-state index in [4.69, 9.17) is 4.74 Å². The Morgan fingerprint density at radius 1 is 1.33 bits per heavy atom. The molecule has 0 saturated heterocycles. The second kappa shape index (κ2) is 7.52. The van der Waals surface area contributed by atoms with Gasteiger partial charge < -0.3 is 9.84 Å². The Bertz CT molecular complexity index is 366. The summed E-state index contributed by atoms with van der Waals surface area (Å²) in [6, 6.07) is 6.22. The van der Waals surface area contributed by atoms with Crippen molar-refractivity contribution in [2.45, 2.75) is 26.9 Å². The fourth-order valence-electron chi connectivity index (χ4n) is 2.06. The van der Waals surface area contributed by atoms with Crippen LogP contribution in [0.4, 0.5) is 0 Å². The maximum absolute atomic E-state index is 10.3. The van der Waals surface area contributed by atoms with E-state index in [1.54, 1.807) is 7.11 Å². The van der Waals surface area contributed by atoms with Gasteiger partial charge in [0.05, 0.1) is 12.7 Å². The van der Waals surface area contributed by atoms with Crippen molar-refractivity contribution < 1.29 is 9.84 Å². The van der Waals surface area contributed by atoms with Gasteiger partial charge in [-0.25, -0.2) is 0 Å². The van der Waals surface area contributed by atoms with Crippen LogP contribution in [0.3, 0.4) is 0 Å². The van der Waals surface area contributed by atoms with Crippen LogP contribution in [0.5, 0.6) is 0 Å². The third-order valence-electron chi connectivity index (χ3n) is 3.28. The maximum atomic E-state index is 10.3. The van der Waals surface area contributed by atoms with Crippen molar-refractivity contribution in [3.8, 4) is 0 Å². The molecule has 18 heavy (non-hydrogen) atoms. The van der Waals surface area contributed by atoms with Crippen molar-refractivity contribution in [2.24, 2.45) is 0 Å². The lowest BCUT2D eigenvalue weighted by atomic mass is 10.0. The monoisotopic (exact) mass is 251 g/mol. The summed E-state index contributed by atoms with van der Waals surface area (Å²) in [6.07, 6.45) is -0.429. The van der Waals surface area contributed by atoms with E-state index in [1.165, 1.54) is 5.56 Å². The van der Waals surface area contributed by atoms with Gasteiger partial charge in [-0.05, 0) is 31.5 Å². The van der Waals surface area contributed by atoms with Gasteiger partial charge in [0, 0.05) is 20.2 Å². The van der Waals surface area contributed by atoms with Crippen LogP contribution in [-0.2, 0) is 4.74 Å². The van der Waals surface area contributed by atoms with Crippen LogP contribution >= 0.6 is 0 Å². The van der Waals surface area contributed by atoms with E-state index < -0.39 is 6.10 Å². The fraction of sp³-hybridized carbons (Fsp3) is 0.600. The van der Waals surface area contributed by atoms with Crippen LogP contribution in [0, 0.1) is 13.8 Å². The SMILES string of the molecule is CCN(CCOC)CC(O)c1cc(C)ccc1C. The van der Waals surface area contributed by atoms with Gasteiger partial charge in [-0.15, -0.1) is 0 Å². The molecule has 3 heteroatoms. The number of nitrogens with zero attached hydrogens (tertiary/aromatic N) is 1. The highest BCUT2D eigenvalue weighted by Gasteiger charge is 2.14. The van der Waals surface area contributed by atoms with Crippen molar-refractivity contribution in [3.05, 3.63) is 34.9 Å². The Labute approximate surface area is 110 Å². The van der Waals surface area contributed by atoms with Gasteiger partial charge in [0.25, 0.3) is 0 Å². The number of hydrogen-bond donors (Lipinski definition) is 1. The summed E-state index contributed by atoms with van der Waals surface area (Å²) in [7, 11) is 1.70. The molecule has 0 aliphatic heterocycles. The summed E-state index contributed by atoms with van der Waals surface area (Å²) in [5.74, 6) is 0. The minimum absolute atomic E-state index is 0.429. The predicted molar refractivity (Wildman–Crippen MR) is 74.9 cm³/mol. The van der Waals surface area contributed by atoms with Crippen LogP contribution in [-0.4, -0.2) is 43.4 Å². The first-order chi connectivity index (χ1) is 8.58. The van der Waals surface area contributed by atoms with Gasteiger partial charge in [0.1, 0.15) is 0 Å². The molecule has 1 atom stereocenters. The van der Waals surface area contributed by atoms with Crippen molar-refractivity contribution >= 4 is 0 Å². The zero-order chi connectivity index (χ0) is 13.5. The molecule has 0 heterocycles. The lowest BCUT2D eigenvalue weighted by molar-refractivity contribution is 0.0917. The largest absolute Gasteiger partial charge is 0.387 e. The molecule has 0 amide bonds. The molecule has 0 bridgehead atoms. The number of ether oxygens (including phenoxy) is 1. The molecule has 0 saturated carbocycles. The van der Waals surface area contributed by atoms with E-state index >= 15 is 0 Å². The molecule has 0 aliphatic rings. The van der Waals surface area contributed by atoms with Crippen molar-refractivity contribution in [1.29, 1.82) is 0 Å². The Balaban J connectivity index is 2.67. The molecule has 0 radical (unpaired) electrons. The molecule has 1 unspecified atom stereocenters. The van der Waals surface area contributed by atoms with E-state index in [-0.39, 0.29) is 0 Å². The van der Waals surface area contributed by atoms with Gasteiger partial charge in [-0.1, -0.05) is 30.7 Å². The molecule has 0 fully saturated rings. The standard InChI is InChI=1S/C15H25NO2/c1-5-16(8-9-18-4)11-15(17)14-10-12(2)6-7-13(14)3/h6-7,10,15,17H,5,8-9,11H2,1-4H3. The number of rotatable bonds is 7. The summed E-state index contributed by atoms with van der Waals surface area (Å²) >= 11 is 0. The van der Waals surface area contributed by atoms with Gasteiger partial charge in [-0.3, -0.25) is 4.90 Å². The predicted octanol–water partition coefficient (Wildman–Crippen LogP) is 2.31. The van der Waals surface area contributed by atoms with Gasteiger partial charge >= 0.3 is 0 Å². The number of aliphatic hydroxyl groups excluding tert-OH is 1. The molecule has 3 nitrogen and oxygen atoms in total. The lowest BCUT2D eigenvalue weighted by Crippen LogP contribution is -2.31. The van der Waals surface area contributed by atoms with E-state index in [0.717, 1.165) is 24.2 Å². The third-order valence-corrected chi connectivity index (χ3v) is 3.28. The summed E-state index contributed by atoms with van der Waals surface area (Å²) in [5, 5.41) is 10.3. The van der Waals surface area contributed by atoms with Crippen molar-refractivity contribution in [3.63, 3.8) is 0 Å². The molecule has 0 aliphatic carbocycles. The van der Waals surface area contributed by atoms with Crippen LogP contribution in [0.25, 0.3) is 0 Å². The summed E-state index contributed by atoms with van der Waals surface area (Å²) in [4.78, 5) is 2.20. The zero-order valence-electron chi connectivity index (χ0n) is 11.9. The summed E-state index contributed by atoms with van der Waals surface area (Å²) in [6.45, 7) is 9.34. The van der Waals surface area contributed by atoms with Crippen molar-refractivity contribution in [1.82, 2.24) is 4.90 Å². The van der Waals surface area contributed by atoms with Crippen LogP contribution < -0.4 is 0 Å². The second-order valence-corrected chi connectivity index (χ2v) is 4.76. The Morgan fingerprint density at radius 3 is 2.67 bits per heavy atom. The van der Waals surface area contributed by atoms with Gasteiger partial charge in [-0.2, -0.15) is 0 Å². The van der Waals surface area contributed by atoms with Crippen LogP contribution in [0.1, 0.15) is 29.7 Å². The molecule has 1 aromatic rings. The summed E-state index contributed by atoms with van der Waals surface area (Å²) < 4.78 is 5.08. The van der Waals surface area contributed by atoms with Crippen LogP contribution in [0.15, 0.2) is 18.2 Å². The molecule has 1 N–H and O–H groups in total. The fourth-order valence-corrected chi connectivity index (χ4v) is 2.06. The highest BCUT2D eigenvalue weighted by atomic mass is 16.5. The number of benzene rings is 1. The van der Waals surface area contributed by atoms with E-state index in [2.05, 4.69) is 36.9 Å². The summed E-state index contributed by atoms with van der Waals surface area (Å²) in [5.41, 5.74) is 3.37. The molecular weight excluding hydrogens is 226 g/mol. The number of hydrogen-bond acceptors (Lipinski definition) is 3. The normalized spacial score (nSPS) is 13.0. The lowest BCUT2D eigenvalue weighted by Gasteiger charge is -2.24. The molecule has 1 rings (SSSR count). The van der Waals surface area contributed by atoms with Crippen molar-refractivity contribution in [2.75, 3.05) is 33.4 Å². The first-order valence-corrected chi connectivity index (χ1v) is 6.55. The molecule has 0 aromatic heterocycles. The first-order valence-electron chi connectivity index (χ1n) is 6.55. The average molecular weight is 251 g/mol. The average Bonchev–Trinajstić information content (AvgIpc) is 2.37. The number of methoxy groups -OCH3 is 1. The van der Waals surface area contributed by atoms with E-state index in [1.807, 2.05) is 6.92 Å². The van der Waals surface area contributed by atoms with Crippen LogP contribution in [0.2, 0.25) is 0 Å². The number of aliphatic hydroxyl groups is 1. The molecule has 102 valence electrons. The maximum Gasteiger partial charge on any atom is 0.0919 e. The second-order valence-electron chi connectivity index (χ2n) is 4.76. The van der Waals surface area contributed by atoms with Gasteiger partial charge in [0.2, 0.25) is 0 Å². The van der Waals surface area contributed by atoms with E-state index in [0.29, 0.717) is 13.2 Å².